The minimum atomic E-state index is -0.940. The smallest absolute Gasteiger partial charge is 0.341 e. The van der Waals surface area contributed by atoms with Crippen molar-refractivity contribution in [2.24, 2.45) is 0 Å². The molecule has 0 heterocycles. The molecule has 64 valence electrons. The number of rotatable bonds is 5. The van der Waals surface area contributed by atoms with Crippen LogP contribution in [0.1, 0.15) is 32.6 Å². The second kappa shape index (κ2) is 6.28. The van der Waals surface area contributed by atoms with Gasteiger partial charge in [-0.2, -0.15) is 0 Å². The Kier molecular flexibility index (Phi) is 6.03. The van der Waals surface area contributed by atoms with Crippen molar-refractivity contribution in [3.63, 3.8) is 0 Å². The fourth-order valence-corrected chi connectivity index (χ4v) is 0.850. The van der Waals surface area contributed by atoms with Gasteiger partial charge in [0, 0.05) is 0 Å². The van der Waals surface area contributed by atoms with Crippen molar-refractivity contribution < 1.29 is 9.90 Å². The second-order valence-corrected chi connectivity index (χ2v) is 2.87. The quantitative estimate of drug-likeness (QED) is 0.381. The molecule has 1 N–H and O–H groups in total. The Morgan fingerprint density at radius 1 is 1.55 bits per heavy atom. The Morgan fingerprint density at radius 2 is 2.18 bits per heavy atom. The molecule has 3 heteroatoms. The molecule has 0 aliphatic carbocycles. The molecule has 0 bridgehead atoms. The minimum absolute atomic E-state index is 0.154. The Labute approximate surface area is 72.7 Å². The first kappa shape index (κ1) is 10.6. The van der Waals surface area contributed by atoms with Gasteiger partial charge in [0.25, 0.3) is 0 Å². The van der Waals surface area contributed by atoms with Crippen LogP contribution < -0.4 is 0 Å². The van der Waals surface area contributed by atoms with Crippen LogP contribution in [0, 0.1) is 0 Å². The highest BCUT2D eigenvalue weighted by molar-refractivity contribution is 7.85. The lowest BCUT2D eigenvalue weighted by Gasteiger charge is -1.93. The van der Waals surface area contributed by atoms with E-state index in [1.165, 1.54) is 0 Å². The molecule has 0 amide bonds. The largest absolute Gasteiger partial charge is 0.477 e. The van der Waals surface area contributed by atoms with Crippen molar-refractivity contribution in [1.82, 2.24) is 0 Å². The summed E-state index contributed by atoms with van der Waals surface area (Å²) in [6, 6.07) is 0. The van der Waals surface area contributed by atoms with E-state index in [-0.39, 0.29) is 4.91 Å². The monoisotopic (exact) mass is 174 g/mol. The van der Waals surface area contributed by atoms with E-state index in [0.717, 1.165) is 25.7 Å². The summed E-state index contributed by atoms with van der Waals surface area (Å²) in [5.74, 6) is -0.940. The predicted octanol–water partition coefficient (Wildman–Crippen LogP) is 2.47. The fraction of sp³-hybridized carbons (Fsp3) is 0.625. The highest BCUT2D eigenvalue weighted by atomic mass is 32.1. The number of hydrogen-bond donors (Lipinski definition) is 2. The van der Waals surface area contributed by atoms with Crippen molar-refractivity contribution >= 4 is 18.6 Å². The molecule has 0 aromatic carbocycles. The van der Waals surface area contributed by atoms with Gasteiger partial charge in [-0.05, 0) is 12.8 Å². The molecule has 0 atom stereocenters. The zero-order chi connectivity index (χ0) is 8.69. The number of allylic oxidation sites excluding steroid dienone is 1. The molecular formula is C8H14O2S. The average molecular weight is 174 g/mol. The first-order valence-corrected chi connectivity index (χ1v) is 4.25. The van der Waals surface area contributed by atoms with E-state index in [0.29, 0.717) is 0 Å². The van der Waals surface area contributed by atoms with Crippen molar-refractivity contribution in [3.8, 4) is 0 Å². The number of unbranched alkanes of at least 4 members (excludes halogenated alkanes) is 3. The third-order valence-corrected chi connectivity index (χ3v) is 1.74. The van der Waals surface area contributed by atoms with Crippen LogP contribution in [-0.4, -0.2) is 11.1 Å². The third-order valence-electron chi connectivity index (χ3n) is 1.36. The Balaban J connectivity index is 3.48. The molecule has 0 aliphatic rings. The van der Waals surface area contributed by atoms with Gasteiger partial charge in [0.15, 0.2) is 0 Å². The lowest BCUT2D eigenvalue weighted by atomic mass is 10.2. The van der Waals surface area contributed by atoms with E-state index in [4.69, 9.17) is 5.11 Å². The molecule has 0 spiro atoms. The summed E-state index contributed by atoms with van der Waals surface area (Å²) in [6.07, 6.45) is 5.83. The molecule has 0 saturated heterocycles. The first-order chi connectivity index (χ1) is 5.18. The second-order valence-electron chi connectivity index (χ2n) is 2.39. The van der Waals surface area contributed by atoms with Crippen molar-refractivity contribution in [2.75, 3.05) is 0 Å². The molecule has 0 saturated carbocycles. The Bertz CT molecular complexity index is 152. The summed E-state index contributed by atoms with van der Waals surface area (Å²) in [4.78, 5) is 10.4. The molecule has 0 aromatic rings. The molecular weight excluding hydrogens is 160 g/mol. The zero-order valence-corrected chi connectivity index (χ0v) is 7.60. The summed E-state index contributed by atoms with van der Waals surface area (Å²) >= 11 is 3.79. The summed E-state index contributed by atoms with van der Waals surface area (Å²) in [7, 11) is 0. The van der Waals surface area contributed by atoms with Crippen LogP contribution >= 0.6 is 12.6 Å². The van der Waals surface area contributed by atoms with E-state index < -0.39 is 5.97 Å². The maximum atomic E-state index is 10.2. The molecule has 11 heavy (non-hydrogen) atoms. The lowest BCUT2D eigenvalue weighted by Crippen LogP contribution is -1.93. The van der Waals surface area contributed by atoms with Gasteiger partial charge in [0.1, 0.15) is 0 Å². The highest BCUT2D eigenvalue weighted by Gasteiger charge is 1.98. The summed E-state index contributed by atoms with van der Waals surface area (Å²) < 4.78 is 0. The molecule has 2 nitrogen and oxygen atoms in total. The van der Waals surface area contributed by atoms with Crippen molar-refractivity contribution in [1.29, 1.82) is 0 Å². The van der Waals surface area contributed by atoms with Crippen LogP contribution in [0.15, 0.2) is 11.0 Å². The topological polar surface area (TPSA) is 37.3 Å². The number of carbonyl (C=O) groups is 1. The number of carboxylic acids is 1. The standard InChI is InChI=1S/C8H14O2S/c1-2-3-4-5-6-7(11)8(9)10/h6,11H,2-5H2,1H3,(H,9,10). The lowest BCUT2D eigenvalue weighted by molar-refractivity contribution is -0.131. The number of hydrogen-bond acceptors (Lipinski definition) is 2. The zero-order valence-electron chi connectivity index (χ0n) is 6.71. The van der Waals surface area contributed by atoms with Crippen LogP contribution in [0.2, 0.25) is 0 Å². The van der Waals surface area contributed by atoms with Gasteiger partial charge in [-0.25, -0.2) is 4.79 Å². The maximum absolute atomic E-state index is 10.2. The van der Waals surface area contributed by atoms with Crippen LogP contribution in [0.3, 0.4) is 0 Å². The minimum Gasteiger partial charge on any atom is -0.477 e. The molecule has 0 rings (SSSR count). The normalized spacial score (nSPS) is 11.6. The highest BCUT2D eigenvalue weighted by Crippen LogP contribution is 2.06. The molecule has 0 radical (unpaired) electrons. The van der Waals surface area contributed by atoms with Gasteiger partial charge in [0.05, 0.1) is 4.91 Å². The van der Waals surface area contributed by atoms with Crippen molar-refractivity contribution in [3.05, 3.63) is 11.0 Å². The van der Waals surface area contributed by atoms with Crippen LogP contribution in [0.4, 0.5) is 0 Å². The average Bonchev–Trinajstić information content (AvgIpc) is 1.97. The number of carboxylic acid groups (broad SMARTS) is 1. The fourth-order valence-electron chi connectivity index (χ4n) is 0.720. The Hall–Kier alpha value is -0.440. The first-order valence-electron chi connectivity index (χ1n) is 3.81. The van der Waals surface area contributed by atoms with E-state index in [2.05, 4.69) is 19.6 Å². The van der Waals surface area contributed by atoms with Gasteiger partial charge in [0.2, 0.25) is 0 Å². The molecule has 0 fully saturated rings. The molecule has 0 aliphatic heterocycles. The molecule has 0 aromatic heterocycles. The van der Waals surface area contributed by atoms with E-state index in [1.54, 1.807) is 6.08 Å². The van der Waals surface area contributed by atoms with Gasteiger partial charge in [-0.15, -0.1) is 12.6 Å². The third kappa shape index (κ3) is 5.98. The summed E-state index contributed by atoms with van der Waals surface area (Å²) in [6.45, 7) is 2.11. The van der Waals surface area contributed by atoms with E-state index in [9.17, 15) is 4.79 Å². The Morgan fingerprint density at radius 3 is 2.64 bits per heavy atom. The summed E-state index contributed by atoms with van der Waals surface area (Å²) in [5, 5.41) is 8.39. The molecule has 0 unspecified atom stereocenters. The van der Waals surface area contributed by atoms with E-state index >= 15 is 0 Å². The van der Waals surface area contributed by atoms with Gasteiger partial charge >= 0.3 is 5.97 Å². The number of aliphatic carboxylic acids is 1. The van der Waals surface area contributed by atoms with Crippen LogP contribution in [-0.2, 0) is 4.79 Å². The van der Waals surface area contributed by atoms with Gasteiger partial charge in [-0.3, -0.25) is 0 Å². The number of thiol groups is 1. The van der Waals surface area contributed by atoms with Crippen LogP contribution in [0.5, 0.6) is 0 Å². The van der Waals surface area contributed by atoms with Crippen molar-refractivity contribution in [2.45, 2.75) is 32.6 Å². The van der Waals surface area contributed by atoms with Crippen LogP contribution in [0.25, 0.3) is 0 Å². The summed E-state index contributed by atoms with van der Waals surface area (Å²) in [5.41, 5.74) is 0. The van der Waals surface area contributed by atoms with Gasteiger partial charge in [-0.1, -0.05) is 25.8 Å². The predicted molar refractivity (Wildman–Crippen MR) is 48.8 cm³/mol. The SMILES string of the molecule is CCCCCC=C(S)C(=O)O. The van der Waals surface area contributed by atoms with Gasteiger partial charge < -0.3 is 5.11 Å². The maximum Gasteiger partial charge on any atom is 0.341 e. The van der Waals surface area contributed by atoms with E-state index in [1.807, 2.05) is 0 Å².